The average molecular weight is 534 g/mol. The van der Waals surface area contributed by atoms with Gasteiger partial charge < -0.3 is 4.13 Å². The molecule has 0 atom stereocenters. The molecule has 1 heterocycles. The number of allylic oxidation sites excluding steroid dienone is 1. The maximum Gasteiger partial charge on any atom is 0.467 e. The van der Waals surface area contributed by atoms with Gasteiger partial charge in [-0.1, -0.05) is 17.9 Å². The molecule has 1 aromatic heterocycles. The molecule has 0 radical (unpaired) electrons. The quantitative estimate of drug-likeness (QED) is 0.312. The number of aryl methyl sites for hydroxylation is 1. The fourth-order valence-electron chi connectivity index (χ4n) is 1.34. The second-order valence-corrected chi connectivity index (χ2v) is 9.94. The minimum Gasteiger partial charge on any atom is -0.425 e. The summed E-state index contributed by atoms with van der Waals surface area (Å²) in [6.07, 6.45) is -12.1. The van der Waals surface area contributed by atoms with E-state index in [1.165, 1.54) is 10.6 Å². The van der Waals surface area contributed by atoms with Crippen molar-refractivity contribution in [1.82, 2.24) is 0 Å². The Morgan fingerprint density at radius 2 is 1.26 bits per heavy atom. The summed E-state index contributed by atoms with van der Waals surface area (Å²) in [4.78, 5) is 1.39. The smallest absolute Gasteiger partial charge is 0.425 e. The Kier molecular flexibility index (Phi) is 8.75. The van der Waals surface area contributed by atoms with E-state index in [2.05, 4.69) is 30.5 Å². The highest BCUT2D eigenvalue weighted by Crippen LogP contribution is 2.47. The van der Waals surface area contributed by atoms with Crippen LogP contribution in [0.2, 0.25) is 0 Å². The third kappa shape index (κ3) is 6.28. The summed E-state index contributed by atoms with van der Waals surface area (Å²) in [5.41, 5.74) is 3.48. The number of nitrogens with zero attached hydrogens (tertiary/aromatic N) is 2. The minimum atomic E-state index is -7.62. The molecule has 19 heteroatoms. The molecular weight excluding hydrogens is 522 g/mol. The van der Waals surface area contributed by atoms with Crippen molar-refractivity contribution in [2.75, 3.05) is 0 Å². The molecule has 1 aromatic rings. The largest absolute Gasteiger partial charge is 0.467 e. The molecule has 31 heavy (non-hydrogen) atoms. The van der Waals surface area contributed by atoms with E-state index in [-0.39, 0.29) is 0 Å². The predicted octanol–water partition coefficient (Wildman–Crippen LogP) is 4.17. The number of halogens is 10. The van der Waals surface area contributed by atoms with E-state index in [0.29, 0.717) is 4.13 Å². The van der Waals surface area contributed by atoms with E-state index >= 15 is 0 Å². The Bertz CT molecular complexity index is 941. The van der Waals surface area contributed by atoms with E-state index in [4.69, 9.17) is 0 Å². The van der Waals surface area contributed by atoms with Gasteiger partial charge in [-0.2, -0.15) is 48.5 Å². The number of hydrogen-bond donors (Lipinski definition) is 0. The molecule has 0 fully saturated rings. The highest BCUT2D eigenvalue weighted by molar-refractivity contribution is 8.13. The standard InChI is InChI=1S/C8H12NS.C4F10NO4S2/c1-4-5-9-6-10-8(3)7(9)2;5-1(6,7)3(11,12)20(16,17)15-21(18,19)4(13,14)2(8,9)10/h4,6H,1,5H2,2-3H3;/q+1;-1. The monoisotopic (exact) mass is 534 g/mol. The maximum absolute atomic E-state index is 12.3. The summed E-state index contributed by atoms with van der Waals surface area (Å²) in [5, 5.41) is -14.0. The normalized spacial score (nSPS) is 14.1. The first-order chi connectivity index (χ1) is 13.5. The van der Waals surface area contributed by atoms with Gasteiger partial charge in [-0.15, -0.1) is 0 Å². The molecule has 0 unspecified atom stereocenters. The van der Waals surface area contributed by atoms with Gasteiger partial charge >= 0.3 is 22.9 Å². The molecule has 6 nitrogen and oxygen atoms in total. The van der Waals surface area contributed by atoms with Crippen LogP contribution in [-0.4, -0.2) is 39.7 Å². The first-order valence-electron chi connectivity index (χ1n) is 7.13. The van der Waals surface area contributed by atoms with Gasteiger partial charge in [0.15, 0.2) is 32.3 Å². The summed E-state index contributed by atoms with van der Waals surface area (Å²) in [5.74, 6) is 0. The summed E-state index contributed by atoms with van der Waals surface area (Å²) < 4.78 is 163. The molecule has 0 aliphatic heterocycles. The van der Waals surface area contributed by atoms with Crippen LogP contribution in [-0.2, 0) is 26.6 Å². The van der Waals surface area contributed by atoms with E-state index in [9.17, 15) is 60.7 Å². The molecule has 0 N–H and O–H groups in total. The first-order valence-corrected chi connectivity index (χ1v) is 10.9. The van der Waals surface area contributed by atoms with Crippen molar-refractivity contribution < 1.29 is 65.3 Å². The molecule has 0 aliphatic rings. The van der Waals surface area contributed by atoms with Crippen molar-refractivity contribution >= 4 is 31.4 Å². The average Bonchev–Trinajstić information content (AvgIpc) is 2.84. The summed E-state index contributed by atoms with van der Waals surface area (Å²) in [7, 11) is -15.2. The Balaban J connectivity index is 0.000000743. The third-order valence-corrected chi connectivity index (χ3v) is 7.46. The van der Waals surface area contributed by atoms with Crippen molar-refractivity contribution in [3.8, 4) is 0 Å². The lowest BCUT2D eigenvalue weighted by Gasteiger charge is -2.31. The lowest BCUT2D eigenvalue weighted by molar-refractivity contribution is -0.688. The lowest BCUT2D eigenvalue weighted by atomic mass is 10.4. The molecular formula is C12H12F10N2O4S3. The number of alkyl halides is 10. The summed E-state index contributed by atoms with van der Waals surface area (Å²) >= 11 is 1.79. The van der Waals surface area contributed by atoms with E-state index in [0.717, 1.165) is 6.54 Å². The van der Waals surface area contributed by atoms with Crippen molar-refractivity contribution in [2.24, 2.45) is 0 Å². The number of sulfonamides is 2. The van der Waals surface area contributed by atoms with Crippen LogP contribution in [0, 0.1) is 13.8 Å². The van der Waals surface area contributed by atoms with Crippen LogP contribution in [0.25, 0.3) is 4.13 Å². The molecule has 0 aliphatic carbocycles. The first kappa shape index (κ1) is 29.5. The van der Waals surface area contributed by atoms with Crippen molar-refractivity contribution in [3.05, 3.63) is 32.9 Å². The van der Waals surface area contributed by atoms with Gasteiger partial charge in [-0.3, -0.25) is 0 Å². The summed E-state index contributed by atoms with van der Waals surface area (Å²) in [6, 6.07) is 0. The Morgan fingerprint density at radius 3 is 1.48 bits per heavy atom. The second-order valence-electron chi connectivity index (χ2n) is 5.36. The van der Waals surface area contributed by atoms with Gasteiger partial charge in [0, 0.05) is 6.92 Å². The highest BCUT2D eigenvalue weighted by atomic mass is 32.3. The predicted molar refractivity (Wildman–Crippen MR) is 87.4 cm³/mol. The zero-order valence-corrected chi connectivity index (χ0v) is 17.6. The Morgan fingerprint density at radius 1 is 0.903 bits per heavy atom. The molecule has 0 saturated carbocycles. The number of thiazole rings is 1. The molecule has 0 saturated heterocycles. The number of aromatic nitrogens is 1. The van der Waals surface area contributed by atoms with Gasteiger partial charge in [-0.25, -0.2) is 16.8 Å². The van der Waals surface area contributed by atoms with Crippen LogP contribution < -0.4 is 4.57 Å². The number of rotatable bonds is 6. The minimum absolute atomic E-state index is 0.422. The van der Waals surface area contributed by atoms with E-state index in [1.54, 1.807) is 11.3 Å². The zero-order valence-electron chi connectivity index (χ0n) is 15.1. The fourth-order valence-corrected chi connectivity index (χ4v) is 4.53. The van der Waals surface area contributed by atoms with Crippen LogP contribution in [0.3, 0.4) is 0 Å². The molecule has 0 amide bonds. The molecule has 1 rings (SSSR count). The van der Waals surface area contributed by atoms with Gasteiger partial charge in [0.25, 0.3) is 0 Å². The topological polar surface area (TPSA) is 86.3 Å². The van der Waals surface area contributed by atoms with Crippen LogP contribution in [0.5, 0.6) is 0 Å². The van der Waals surface area contributed by atoms with Gasteiger partial charge in [0.1, 0.15) is 0 Å². The van der Waals surface area contributed by atoms with Crippen molar-refractivity contribution in [2.45, 2.75) is 43.3 Å². The second kappa shape index (κ2) is 9.18. The molecule has 0 aromatic carbocycles. The maximum atomic E-state index is 12.3. The van der Waals surface area contributed by atoms with Crippen LogP contribution in [0.4, 0.5) is 43.9 Å². The fraction of sp³-hybridized carbons (Fsp3) is 0.583. The van der Waals surface area contributed by atoms with Crippen molar-refractivity contribution in [3.63, 3.8) is 0 Å². The lowest BCUT2D eigenvalue weighted by Crippen LogP contribution is -2.48. The SMILES string of the molecule is C=CC[n+]1csc(C)c1C.O=S(=O)([N-]S(=O)(=O)C(F)(F)C(F)(F)F)C(F)(F)C(F)(F)F. The molecule has 0 bridgehead atoms. The van der Waals surface area contributed by atoms with Crippen LogP contribution >= 0.6 is 11.3 Å². The molecule has 182 valence electrons. The van der Waals surface area contributed by atoms with Crippen LogP contribution in [0.1, 0.15) is 10.6 Å². The van der Waals surface area contributed by atoms with E-state index in [1.807, 2.05) is 6.08 Å². The Hall–Kier alpha value is -1.47. The van der Waals surface area contributed by atoms with Gasteiger partial charge in [0.2, 0.25) is 5.51 Å². The van der Waals surface area contributed by atoms with Gasteiger partial charge in [-0.05, 0) is 13.0 Å². The van der Waals surface area contributed by atoms with E-state index < -0.39 is 42.9 Å². The number of hydrogen-bond acceptors (Lipinski definition) is 5. The van der Waals surface area contributed by atoms with Crippen molar-refractivity contribution in [1.29, 1.82) is 0 Å². The molecule has 0 spiro atoms. The zero-order chi connectivity index (χ0) is 25.3. The highest BCUT2D eigenvalue weighted by Gasteiger charge is 2.68. The summed E-state index contributed by atoms with van der Waals surface area (Å²) in [6.45, 7) is 8.89. The third-order valence-electron chi connectivity index (χ3n) is 3.13. The van der Waals surface area contributed by atoms with Crippen LogP contribution in [0.15, 0.2) is 18.2 Å². The van der Waals surface area contributed by atoms with Gasteiger partial charge in [0.05, 0.1) is 4.88 Å². The Labute approximate surface area is 173 Å².